The molecule has 0 saturated carbocycles. The first-order valence-electron chi connectivity index (χ1n) is 8.69. The predicted molar refractivity (Wildman–Crippen MR) is 105 cm³/mol. The number of aromatic nitrogens is 2. The molecule has 1 aromatic heterocycles. The van der Waals surface area contributed by atoms with Crippen molar-refractivity contribution in [2.45, 2.75) is 24.4 Å². The number of nitrogens with one attached hydrogen (secondary N) is 2. The highest BCUT2D eigenvalue weighted by Gasteiger charge is 2.26. The summed E-state index contributed by atoms with van der Waals surface area (Å²) in [5.41, 5.74) is 0.153. The summed E-state index contributed by atoms with van der Waals surface area (Å²) in [4.78, 5) is 32.3. The normalized spacial score (nSPS) is 12.7. The molecule has 0 spiro atoms. The third kappa shape index (κ3) is 4.49. The molecule has 0 bridgehead atoms. The number of likely N-dealkylation sites (N-methyl/N-ethyl adjacent to an activating group) is 1. The summed E-state index contributed by atoms with van der Waals surface area (Å²) in [6.45, 7) is 1.32. The number of fused-ring (bicyclic) bond motifs is 1. The standard InChI is InChI=1S/C19H19FN4O4S/c1-12(23-29(27,28)16-10-6-4-8-14(16)20)19(26)24(2)11-17-21-15-9-5-3-7-13(15)18(25)22-17/h3-10,12,23H,11H2,1-2H3,(H,21,22,25)/t12-/m0/s1. The van der Waals surface area contributed by atoms with E-state index in [0.29, 0.717) is 10.9 Å². The molecule has 0 fully saturated rings. The molecule has 1 amide bonds. The molecule has 8 nitrogen and oxygen atoms in total. The van der Waals surface area contributed by atoms with Crippen molar-refractivity contribution < 1.29 is 17.6 Å². The van der Waals surface area contributed by atoms with E-state index in [1.165, 1.54) is 31.0 Å². The number of halogens is 1. The van der Waals surface area contributed by atoms with Gasteiger partial charge < -0.3 is 9.88 Å². The monoisotopic (exact) mass is 418 g/mol. The number of aromatic amines is 1. The Morgan fingerprint density at radius 2 is 1.86 bits per heavy atom. The van der Waals surface area contributed by atoms with Gasteiger partial charge in [-0.1, -0.05) is 24.3 Å². The Hall–Kier alpha value is -3.11. The highest BCUT2D eigenvalue weighted by atomic mass is 32.2. The van der Waals surface area contributed by atoms with Gasteiger partial charge in [-0.2, -0.15) is 4.72 Å². The Kier molecular flexibility index (Phi) is 5.76. The van der Waals surface area contributed by atoms with Crippen molar-refractivity contribution >= 4 is 26.8 Å². The maximum absolute atomic E-state index is 13.8. The topological polar surface area (TPSA) is 112 Å². The molecule has 0 aliphatic heterocycles. The lowest BCUT2D eigenvalue weighted by Crippen LogP contribution is -2.45. The number of amides is 1. The van der Waals surface area contributed by atoms with Crippen LogP contribution >= 0.6 is 0 Å². The molecule has 2 aromatic carbocycles. The second kappa shape index (κ2) is 8.10. The molecule has 1 heterocycles. The van der Waals surface area contributed by atoms with Crippen LogP contribution in [0.15, 0.2) is 58.2 Å². The number of nitrogens with zero attached hydrogens (tertiary/aromatic N) is 2. The molecule has 0 radical (unpaired) electrons. The number of carbonyl (C=O) groups is 1. The summed E-state index contributed by atoms with van der Waals surface area (Å²) in [6, 6.07) is 10.5. The summed E-state index contributed by atoms with van der Waals surface area (Å²) in [7, 11) is -2.77. The number of para-hydroxylation sites is 1. The summed E-state index contributed by atoms with van der Waals surface area (Å²) < 4.78 is 40.7. The second-order valence-corrected chi connectivity index (χ2v) is 8.18. The van der Waals surface area contributed by atoms with Crippen LogP contribution in [-0.2, 0) is 21.4 Å². The number of sulfonamides is 1. The van der Waals surface area contributed by atoms with E-state index >= 15 is 0 Å². The van der Waals surface area contributed by atoms with E-state index in [9.17, 15) is 22.4 Å². The van der Waals surface area contributed by atoms with Crippen molar-refractivity contribution in [2.75, 3.05) is 7.05 Å². The summed E-state index contributed by atoms with van der Waals surface area (Å²) >= 11 is 0. The Bertz CT molecular complexity index is 1230. The minimum absolute atomic E-state index is 0.0370. The largest absolute Gasteiger partial charge is 0.337 e. The highest BCUT2D eigenvalue weighted by Crippen LogP contribution is 2.14. The number of benzene rings is 2. The molecule has 1 atom stereocenters. The van der Waals surface area contributed by atoms with Crippen molar-refractivity contribution in [1.29, 1.82) is 0 Å². The molecule has 10 heteroatoms. The van der Waals surface area contributed by atoms with Gasteiger partial charge >= 0.3 is 0 Å². The maximum Gasteiger partial charge on any atom is 0.258 e. The third-order valence-electron chi connectivity index (χ3n) is 4.25. The van der Waals surface area contributed by atoms with Crippen molar-refractivity contribution in [3.05, 3.63) is 70.5 Å². The molecule has 3 rings (SSSR count). The molecule has 29 heavy (non-hydrogen) atoms. The van der Waals surface area contributed by atoms with Crippen molar-refractivity contribution in [3.63, 3.8) is 0 Å². The average molecular weight is 418 g/mol. The lowest BCUT2D eigenvalue weighted by atomic mass is 10.2. The number of H-pyrrole nitrogens is 1. The first-order valence-corrected chi connectivity index (χ1v) is 10.2. The highest BCUT2D eigenvalue weighted by molar-refractivity contribution is 7.89. The van der Waals surface area contributed by atoms with E-state index < -0.39 is 32.7 Å². The number of rotatable bonds is 6. The lowest BCUT2D eigenvalue weighted by Gasteiger charge is -2.21. The van der Waals surface area contributed by atoms with E-state index in [2.05, 4.69) is 14.7 Å². The van der Waals surface area contributed by atoms with E-state index in [1.807, 2.05) is 0 Å². The zero-order valence-electron chi connectivity index (χ0n) is 15.7. The zero-order chi connectivity index (χ0) is 21.2. The fourth-order valence-corrected chi connectivity index (χ4v) is 4.13. The van der Waals surface area contributed by atoms with Crippen molar-refractivity contribution in [1.82, 2.24) is 19.6 Å². The molecule has 0 aliphatic carbocycles. The number of carbonyl (C=O) groups excluding carboxylic acids is 1. The van der Waals surface area contributed by atoms with Crippen LogP contribution in [0.4, 0.5) is 4.39 Å². The van der Waals surface area contributed by atoms with Crippen LogP contribution < -0.4 is 10.3 Å². The van der Waals surface area contributed by atoms with Gasteiger partial charge in [-0.15, -0.1) is 0 Å². The quantitative estimate of drug-likeness (QED) is 0.628. The zero-order valence-corrected chi connectivity index (χ0v) is 16.5. The van der Waals surface area contributed by atoms with Gasteiger partial charge in [0.2, 0.25) is 15.9 Å². The van der Waals surface area contributed by atoms with Crippen LogP contribution in [0.1, 0.15) is 12.7 Å². The van der Waals surface area contributed by atoms with E-state index in [0.717, 1.165) is 12.1 Å². The van der Waals surface area contributed by atoms with E-state index in [4.69, 9.17) is 0 Å². The summed E-state index contributed by atoms with van der Waals surface area (Å²) in [6.07, 6.45) is 0. The lowest BCUT2D eigenvalue weighted by molar-refractivity contribution is -0.131. The van der Waals surface area contributed by atoms with Gasteiger partial charge in [-0.3, -0.25) is 9.59 Å². The van der Waals surface area contributed by atoms with Gasteiger partial charge in [0.25, 0.3) is 5.56 Å². The predicted octanol–water partition coefficient (Wildman–Crippen LogP) is 1.39. The molecule has 2 N–H and O–H groups in total. The van der Waals surface area contributed by atoms with E-state index in [1.54, 1.807) is 24.3 Å². The van der Waals surface area contributed by atoms with Gasteiger partial charge in [-0.05, 0) is 31.2 Å². The molecule has 3 aromatic rings. The van der Waals surface area contributed by atoms with Crippen LogP contribution in [0.3, 0.4) is 0 Å². The average Bonchev–Trinajstić information content (AvgIpc) is 2.67. The van der Waals surface area contributed by atoms with Crippen LogP contribution in [0, 0.1) is 5.82 Å². The second-order valence-electron chi connectivity index (χ2n) is 6.50. The summed E-state index contributed by atoms with van der Waals surface area (Å²) in [5.74, 6) is -1.22. The third-order valence-corrected chi connectivity index (χ3v) is 5.83. The van der Waals surface area contributed by atoms with Gasteiger partial charge in [0.1, 0.15) is 16.5 Å². The smallest absolute Gasteiger partial charge is 0.258 e. The molecular weight excluding hydrogens is 399 g/mol. The Morgan fingerprint density at radius 3 is 2.59 bits per heavy atom. The molecule has 0 unspecified atom stereocenters. The van der Waals surface area contributed by atoms with Gasteiger partial charge in [0.15, 0.2) is 0 Å². The number of hydrogen-bond donors (Lipinski definition) is 2. The fraction of sp³-hybridized carbons (Fsp3) is 0.211. The number of hydrogen-bond acceptors (Lipinski definition) is 5. The van der Waals surface area contributed by atoms with Crippen LogP contribution in [0.5, 0.6) is 0 Å². The van der Waals surface area contributed by atoms with Gasteiger partial charge in [-0.25, -0.2) is 17.8 Å². The minimum atomic E-state index is -4.22. The van der Waals surface area contributed by atoms with Crippen LogP contribution in [0.2, 0.25) is 0 Å². The van der Waals surface area contributed by atoms with E-state index in [-0.39, 0.29) is 17.9 Å². The molecule has 152 valence electrons. The maximum atomic E-state index is 13.8. The molecule has 0 aliphatic rings. The molecular formula is C19H19FN4O4S. The first kappa shape index (κ1) is 20.6. The first-order chi connectivity index (χ1) is 13.7. The Balaban J connectivity index is 1.75. The van der Waals surface area contributed by atoms with Crippen LogP contribution in [0.25, 0.3) is 10.9 Å². The summed E-state index contributed by atoms with van der Waals surface area (Å²) in [5, 5.41) is 0.427. The van der Waals surface area contributed by atoms with Crippen molar-refractivity contribution in [2.24, 2.45) is 0 Å². The van der Waals surface area contributed by atoms with Crippen molar-refractivity contribution in [3.8, 4) is 0 Å². The molecule has 0 saturated heterocycles. The SMILES string of the molecule is C[C@H](NS(=O)(=O)c1ccccc1F)C(=O)N(C)Cc1nc2ccccc2c(=O)[nH]1. The fourth-order valence-electron chi connectivity index (χ4n) is 2.85. The Morgan fingerprint density at radius 1 is 1.21 bits per heavy atom. The van der Waals surface area contributed by atoms with Gasteiger partial charge in [0, 0.05) is 7.05 Å². The van der Waals surface area contributed by atoms with Gasteiger partial charge in [0.05, 0.1) is 23.5 Å². The van der Waals surface area contributed by atoms with Crippen LogP contribution in [-0.4, -0.2) is 42.3 Å². The minimum Gasteiger partial charge on any atom is -0.337 e. The Labute approximate surface area is 166 Å².